The molecule has 0 radical (unpaired) electrons. The van der Waals surface area contributed by atoms with Crippen LogP contribution in [0.3, 0.4) is 0 Å². The van der Waals surface area contributed by atoms with Crippen LogP contribution in [-0.2, 0) is 17.7 Å². The third-order valence-corrected chi connectivity index (χ3v) is 3.59. The number of nitrogens with zero attached hydrogens (tertiary/aromatic N) is 2. The van der Waals surface area contributed by atoms with Gasteiger partial charge >= 0.3 is 5.97 Å². The van der Waals surface area contributed by atoms with Gasteiger partial charge in [-0.15, -0.1) is 0 Å². The number of hydrogen-bond acceptors (Lipinski definition) is 4. The summed E-state index contributed by atoms with van der Waals surface area (Å²) in [4.78, 5) is 15.9. The summed E-state index contributed by atoms with van der Waals surface area (Å²) in [5.41, 5.74) is 1.24. The minimum absolute atomic E-state index is 0.0216. The first-order valence-electron chi connectivity index (χ1n) is 6.71. The highest BCUT2D eigenvalue weighted by molar-refractivity contribution is 5.89. The van der Waals surface area contributed by atoms with E-state index in [1.54, 1.807) is 11.5 Å². The number of aromatic hydroxyl groups is 1. The van der Waals surface area contributed by atoms with E-state index in [0.717, 1.165) is 12.2 Å². The lowest BCUT2D eigenvalue weighted by molar-refractivity contribution is 0.0515. The molecule has 1 atom stereocenters. The average molecular weight is 272 g/mol. The second-order valence-corrected chi connectivity index (χ2v) is 4.84. The molecule has 104 valence electrons. The Morgan fingerprint density at radius 3 is 2.85 bits per heavy atom. The molecule has 0 amide bonds. The van der Waals surface area contributed by atoms with Crippen molar-refractivity contribution < 1.29 is 14.6 Å². The van der Waals surface area contributed by atoms with Crippen LogP contribution in [-0.4, -0.2) is 27.2 Å². The summed E-state index contributed by atoms with van der Waals surface area (Å²) in [5, 5.41) is 10.1. The molecule has 0 saturated carbocycles. The molecule has 1 aromatic carbocycles. The molecule has 1 aliphatic heterocycles. The third kappa shape index (κ3) is 2.05. The molecule has 5 heteroatoms. The molecule has 1 N–H and O–H groups in total. The molecule has 2 heterocycles. The first kappa shape index (κ1) is 12.7. The van der Waals surface area contributed by atoms with Crippen molar-refractivity contribution >= 4 is 5.97 Å². The summed E-state index contributed by atoms with van der Waals surface area (Å²) in [5.74, 6) is 0.375. The lowest BCUT2D eigenvalue weighted by Gasteiger charge is -2.09. The zero-order valence-corrected chi connectivity index (χ0v) is 11.2. The fourth-order valence-corrected chi connectivity index (χ4v) is 2.63. The summed E-state index contributed by atoms with van der Waals surface area (Å²) < 4.78 is 6.58. The van der Waals surface area contributed by atoms with E-state index in [1.807, 2.05) is 18.2 Å². The molecule has 0 bridgehead atoms. The van der Waals surface area contributed by atoms with Crippen LogP contribution in [0.4, 0.5) is 0 Å². The molecule has 1 aliphatic rings. The second-order valence-electron chi connectivity index (χ2n) is 4.84. The van der Waals surface area contributed by atoms with Crippen LogP contribution in [0.15, 0.2) is 30.3 Å². The number of fused-ring (bicyclic) bond motifs is 1. The SMILES string of the molecule is CCOC(=O)c1nc2n(c1O)CC(c1ccccc1)C2. The number of carbonyl (C=O) groups excluding carboxylic acids is 1. The van der Waals surface area contributed by atoms with Gasteiger partial charge in [0, 0.05) is 18.9 Å². The Morgan fingerprint density at radius 2 is 2.20 bits per heavy atom. The fraction of sp³-hybridized carbons (Fsp3) is 0.333. The van der Waals surface area contributed by atoms with Crippen molar-refractivity contribution in [3.8, 4) is 5.88 Å². The highest BCUT2D eigenvalue weighted by atomic mass is 16.5. The molecule has 0 spiro atoms. The maximum absolute atomic E-state index is 11.7. The number of hydrogen-bond donors (Lipinski definition) is 1. The monoisotopic (exact) mass is 272 g/mol. The first-order valence-corrected chi connectivity index (χ1v) is 6.71. The molecular formula is C15H16N2O3. The summed E-state index contributed by atoms with van der Waals surface area (Å²) in [6.07, 6.45) is 0.719. The van der Waals surface area contributed by atoms with E-state index in [4.69, 9.17) is 4.74 Å². The Labute approximate surface area is 116 Å². The summed E-state index contributed by atoms with van der Waals surface area (Å²) >= 11 is 0. The van der Waals surface area contributed by atoms with Crippen LogP contribution in [0.1, 0.15) is 34.7 Å². The largest absolute Gasteiger partial charge is 0.493 e. The topological polar surface area (TPSA) is 64.3 Å². The van der Waals surface area contributed by atoms with Gasteiger partial charge < -0.3 is 9.84 Å². The third-order valence-electron chi connectivity index (χ3n) is 3.59. The van der Waals surface area contributed by atoms with Crippen LogP contribution in [0.5, 0.6) is 5.88 Å². The van der Waals surface area contributed by atoms with Gasteiger partial charge in [-0.05, 0) is 12.5 Å². The van der Waals surface area contributed by atoms with Gasteiger partial charge in [0.25, 0.3) is 0 Å². The molecule has 20 heavy (non-hydrogen) atoms. The molecule has 5 nitrogen and oxygen atoms in total. The maximum Gasteiger partial charge on any atom is 0.362 e. The predicted octanol–water partition coefficient (Wildman–Crippen LogP) is 2.11. The summed E-state index contributed by atoms with van der Waals surface area (Å²) in [7, 11) is 0. The lowest BCUT2D eigenvalue weighted by Crippen LogP contribution is -2.07. The van der Waals surface area contributed by atoms with Crippen LogP contribution in [0, 0.1) is 0 Å². The van der Waals surface area contributed by atoms with Crippen molar-refractivity contribution in [3.05, 3.63) is 47.4 Å². The normalized spacial score (nSPS) is 16.9. The van der Waals surface area contributed by atoms with E-state index in [2.05, 4.69) is 17.1 Å². The van der Waals surface area contributed by atoms with Crippen LogP contribution in [0.25, 0.3) is 0 Å². The van der Waals surface area contributed by atoms with Gasteiger partial charge in [0.05, 0.1) is 6.61 Å². The summed E-state index contributed by atoms with van der Waals surface area (Å²) in [6.45, 7) is 2.63. The zero-order valence-electron chi connectivity index (χ0n) is 11.2. The maximum atomic E-state index is 11.7. The van der Waals surface area contributed by atoms with Crippen molar-refractivity contribution in [2.45, 2.75) is 25.8 Å². The van der Waals surface area contributed by atoms with Crippen molar-refractivity contribution in [2.24, 2.45) is 0 Å². The molecule has 2 aromatic rings. The van der Waals surface area contributed by atoms with Gasteiger partial charge in [-0.25, -0.2) is 9.78 Å². The van der Waals surface area contributed by atoms with Gasteiger partial charge in [-0.1, -0.05) is 30.3 Å². The van der Waals surface area contributed by atoms with Crippen molar-refractivity contribution in [1.29, 1.82) is 0 Å². The van der Waals surface area contributed by atoms with E-state index in [9.17, 15) is 9.90 Å². The molecular weight excluding hydrogens is 256 g/mol. The van der Waals surface area contributed by atoms with Crippen molar-refractivity contribution in [3.63, 3.8) is 0 Å². The second kappa shape index (κ2) is 5.00. The lowest BCUT2D eigenvalue weighted by atomic mass is 9.98. The molecule has 0 fully saturated rings. The van der Waals surface area contributed by atoms with E-state index in [0.29, 0.717) is 12.5 Å². The fourth-order valence-electron chi connectivity index (χ4n) is 2.63. The number of ether oxygens (including phenoxy) is 1. The number of aromatic nitrogens is 2. The predicted molar refractivity (Wildman–Crippen MR) is 72.7 cm³/mol. The van der Waals surface area contributed by atoms with E-state index >= 15 is 0 Å². The Kier molecular flexibility index (Phi) is 3.18. The standard InChI is InChI=1S/C15H16N2O3/c1-2-20-15(19)13-14(18)17-9-11(8-12(17)16-13)10-6-4-3-5-7-10/h3-7,11,18H,2,8-9H2,1H3. The number of benzene rings is 1. The van der Waals surface area contributed by atoms with Crippen LogP contribution in [0.2, 0.25) is 0 Å². The van der Waals surface area contributed by atoms with Crippen LogP contribution < -0.4 is 0 Å². The van der Waals surface area contributed by atoms with E-state index in [1.165, 1.54) is 5.56 Å². The molecule has 1 aromatic heterocycles. The van der Waals surface area contributed by atoms with E-state index in [-0.39, 0.29) is 18.2 Å². The Hall–Kier alpha value is -2.30. The van der Waals surface area contributed by atoms with Crippen LogP contribution >= 0.6 is 0 Å². The molecule has 0 saturated heterocycles. The van der Waals surface area contributed by atoms with Crippen molar-refractivity contribution in [1.82, 2.24) is 9.55 Å². The van der Waals surface area contributed by atoms with E-state index < -0.39 is 5.97 Å². The smallest absolute Gasteiger partial charge is 0.362 e. The minimum atomic E-state index is -0.567. The zero-order chi connectivity index (χ0) is 14.1. The Morgan fingerprint density at radius 1 is 1.45 bits per heavy atom. The molecule has 0 aliphatic carbocycles. The minimum Gasteiger partial charge on any atom is -0.493 e. The Balaban J connectivity index is 1.84. The first-order chi connectivity index (χ1) is 9.70. The van der Waals surface area contributed by atoms with Crippen molar-refractivity contribution in [2.75, 3.05) is 6.61 Å². The number of rotatable bonds is 3. The van der Waals surface area contributed by atoms with Gasteiger partial charge in [-0.3, -0.25) is 4.57 Å². The number of esters is 1. The molecule has 3 rings (SSSR count). The Bertz CT molecular complexity index is 634. The highest BCUT2D eigenvalue weighted by Gasteiger charge is 2.31. The summed E-state index contributed by atoms with van der Waals surface area (Å²) in [6, 6.07) is 10.1. The van der Waals surface area contributed by atoms with Gasteiger partial charge in [0.2, 0.25) is 11.6 Å². The number of carbonyl (C=O) groups is 1. The number of imidazole rings is 1. The van der Waals surface area contributed by atoms with Gasteiger partial charge in [0.1, 0.15) is 5.82 Å². The van der Waals surface area contributed by atoms with Gasteiger partial charge in [-0.2, -0.15) is 0 Å². The van der Waals surface area contributed by atoms with Gasteiger partial charge in [0.15, 0.2) is 0 Å². The molecule has 1 unspecified atom stereocenters. The average Bonchev–Trinajstić information content (AvgIpc) is 3.00. The highest BCUT2D eigenvalue weighted by Crippen LogP contribution is 2.34. The quantitative estimate of drug-likeness (QED) is 0.869.